The zero-order valence-corrected chi connectivity index (χ0v) is 13.6. The SMILES string of the molecule is CCCCCCCCCCCCP(C)(C)(C)O. The van der Waals surface area contributed by atoms with Crippen molar-refractivity contribution in [1.82, 2.24) is 0 Å². The topological polar surface area (TPSA) is 20.2 Å². The molecule has 0 amide bonds. The first-order chi connectivity index (χ1) is 7.81. The zero-order chi connectivity index (χ0) is 13.2. The van der Waals surface area contributed by atoms with Gasteiger partial charge in [0.15, 0.2) is 0 Å². The van der Waals surface area contributed by atoms with Gasteiger partial charge in [0.2, 0.25) is 0 Å². The van der Waals surface area contributed by atoms with Crippen LogP contribution in [-0.4, -0.2) is 31.0 Å². The van der Waals surface area contributed by atoms with Crippen molar-refractivity contribution >= 4 is 6.83 Å². The average molecular weight is 262 g/mol. The van der Waals surface area contributed by atoms with Crippen molar-refractivity contribution in [3.05, 3.63) is 0 Å². The molecule has 0 aromatic carbocycles. The van der Waals surface area contributed by atoms with Crippen molar-refractivity contribution in [3.63, 3.8) is 0 Å². The van der Waals surface area contributed by atoms with Crippen LogP contribution in [-0.2, 0) is 0 Å². The van der Waals surface area contributed by atoms with E-state index in [1.54, 1.807) is 0 Å². The third kappa shape index (κ3) is 16.4. The van der Waals surface area contributed by atoms with Crippen LogP contribution in [0.15, 0.2) is 0 Å². The molecule has 0 radical (unpaired) electrons. The Balaban J connectivity index is 3.15. The number of hydrogen-bond acceptors (Lipinski definition) is 1. The van der Waals surface area contributed by atoms with E-state index in [0.717, 1.165) is 6.16 Å². The van der Waals surface area contributed by atoms with Crippen LogP contribution in [0.3, 0.4) is 0 Å². The third-order valence-electron chi connectivity index (χ3n) is 3.28. The monoisotopic (exact) mass is 262 g/mol. The molecule has 0 bridgehead atoms. The minimum absolute atomic E-state index is 1.04. The minimum atomic E-state index is -2.20. The summed E-state index contributed by atoms with van der Waals surface area (Å²) in [5, 5.41) is 0. The van der Waals surface area contributed by atoms with Crippen LogP contribution in [0.25, 0.3) is 0 Å². The van der Waals surface area contributed by atoms with E-state index in [1.165, 1.54) is 64.2 Å². The fraction of sp³-hybridized carbons (Fsp3) is 1.00. The molecule has 0 aliphatic heterocycles. The molecule has 1 nitrogen and oxygen atoms in total. The van der Waals surface area contributed by atoms with Gasteiger partial charge in [0, 0.05) is 0 Å². The molecule has 1 N–H and O–H groups in total. The Morgan fingerprint density at radius 2 is 1.00 bits per heavy atom. The number of hydrogen-bond donors (Lipinski definition) is 1. The Morgan fingerprint density at radius 1 is 0.647 bits per heavy atom. The molecule has 0 aliphatic carbocycles. The molecule has 106 valence electrons. The summed E-state index contributed by atoms with van der Waals surface area (Å²) in [5.41, 5.74) is 0. The molecule has 0 saturated heterocycles. The van der Waals surface area contributed by atoms with Gasteiger partial charge in [-0.15, -0.1) is 0 Å². The van der Waals surface area contributed by atoms with Crippen LogP contribution in [0, 0.1) is 0 Å². The van der Waals surface area contributed by atoms with Gasteiger partial charge in [-0.25, -0.2) is 0 Å². The summed E-state index contributed by atoms with van der Waals surface area (Å²) < 4.78 is 0. The van der Waals surface area contributed by atoms with Crippen LogP contribution in [0.2, 0.25) is 0 Å². The van der Waals surface area contributed by atoms with Crippen LogP contribution in [0.5, 0.6) is 0 Å². The summed E-state index contributed by atoms with van der Waals surface area (Å²) in [6, 6.07) is 0. The van der Waals surface area contributed by atoms with Crippen molar-refractivity contribution in [2.75, 3.05) is 26.2 Å². The Hall–Kier alpha value is 0.390. The molecule has 0 saturated carbocycles. The van der Waals surface area contributed by atoms with Crippen LogP contribution >= 0.6 is 6.83 Å². The summed E-state index contributed by atoms with van der Waals surface area (Å²) in [6.45, 7) is 6.23. The molecule has 0 spiro atoms. The predicted octanol–water partition coefficient (Wildman–Crippen LogP) is 5.26. The molecular weight excluding hydrogens is 227 g/mol. The van der Waals surface area contributed by atoms with Gasteiger partial charge in [-0.2, -0.15) is 0 Å². The van der Waals surface area contributed by atoms with Gasteiger partial charge >= 0.3 is 109 Å². The van der Waals surface area contributed by atoms with E-state index in [0.29, 0.717) is 0 Å². The van der Waals surface area contributed by atoms with Gasteiger partial charge in [0.1, 0.15) is 0 Å². The molecule has 0 fully saturated rings. The van der Waals surface area contributed by atoms with Gasteiger partial charge in [-0.05, 0) is 0 Å². The molecule has 0 aromatic heterocycles. The summed E-state index contributed by atoms with van der Waals surface area (Å²) in [5.74, 6) is 0. The van der Waals surface area contributed by atoms with E-state index >= 15 is 0 Å². The second-order valence-electron chi connectivity index (χ2n) is 6.94. The van der Waals surface area contributed by atoms with Crippen LogP contribution in [0.4, 0.5) is 0 Å². The summed E-state index contributed by atoms with van der Waals surface area (Å²) in [4.78, 5) is 10.1. The molecular formula is C15H35OP. The van der Waals surface area contributed by atoms with Gasteiger partial charge in [-0.3, -0.25) is 0 Å². The molecule has 17 heavy (non-hydrogen) atoms. The number of rotatable bonds is 11. The van der Waals surface area contributed by atoms with Crippen molar-refractivity contribution in [2.45, 2.75) is 71.1 Å². The normalized spacial score (nSPS) is 14.5. The maximum atomic E-state index is 10.1. The second kappa shape index (κ2) is 8.48. The third-order valence-corrected chi connectivity index (χ3v) is 5.14. The predicted molar refractivity (Wildman–Crippen MR) is 83.6 cm³/mol. The van der Waals surface area contributed by atoms with Crippen molar-refractivity contribution < 1.29 is 4.89 Å². The van der Waals surface area contributed by atoms with Gasteiger partial charge in [0.25, 0.3) is 0 Å². The van der Waals surface area contributed by atoms with E-state index in [2.05, 4.69) is 26.9 Å². The molecule has 0 atom stereocenters. The Bertz CT molecular complexity index is 172. The van der Waals surface area contributed by atoms with Crippen molar-refractivity contribution in [1.29, 1.82) is 0 Å². The first kappa shape index (κ1) is 17.4. The molecule has 0 aromatic rings. The van der Waals surface area contributed by atoms with Crippen molar-refractivity contribution in [3.8, 4) is 0 Å². The summed E-state index contributed by atoms with van der Waals surface area (Å²) in [6.07, 6.45) is 14.8. The molecule has 0 aliphatic rings. The summed E-state index contributed by atoms with van der Waals surface area (Å²) >= 11 is 0. The van der Waals surface area contributed by atoms with E-state index in [4.69, 9.17) is 0 Å². The molecule has 0 unspecified atom stereocenters. The standard InChI is InChI=1S/C15H35OP/c1-5-6-7-8-9-10-11-12-13-14-15-17(2,3,4)16/h16H,5-15H2,1-4H3. The molecule has 0 rings (SSSR count). The Kier molecular flexibility index (Phi) is 8.68. The number of unbranched alkanes of at least 4 members (excludes halogenated alkanes) is 9. The zero-order valence-electron chi connectivity index (χ0n) is 12.7. The molecule has 2 heteroatoms. The van der Waals surface area contributed by atoms with Crippen LogP contribution in [0.1, 0.15) is 71.1 Å². The fourth-order valence-corrected chi connectivity index (χ4v) is 3.46. The Morgan fingerprint density at radius 3 is 1.35 bits per heavy atom. The Labute approximate surface area is 109 Å². The summed E-state index contributed by atoms with van der Waals surface area (Å²) in [7, 11) is 0. The van der Waals surface area contributed by atoms with Crippen molar-refractivity contribution in [2.24, 2.45) is 0 Å². The molecule has 0 heterocycles. The van der Waals surface area contributed by atoms with Gasteiger partial charge in [-0.1, -0.05) is 0 Å². The van der Waals surface area contributed by atoms with E-state index in [1.807, 2.05) is 0 Å². The average Bonchev–Trinajstić information content (AvgIpc) is 2.18. The van der Waals surface area contributed by atoms with E-state index in [9.17, 15) is 4.89 Å². The maximum absolute atomic E-state index is 10.1. The van der Waals surface area contributed by atoms with Gasteiger partial charge < -0.3 is 0 Å². The van der Waals surface area contributed by atoms with Gasteiger partial charge in [0.05, 0.1) is 0 Å². The fourth-order valence-electron chi connectivity index (χ4n) is 2.14. The first-order valence-electron chi connectivity index (χ1n) is 7.56. The first-order valence-corrected chi connectivity index (χ1v) is 11.3. The second-order valence-corrected chi connectivity index (χ2v) is 13.4. The quantitative estimate of drug-likeness (QED) is 0.398. The van der Waals surface area contributed by atoms with E-state index < -0.39 is 6.83 Å². The van der Waals surface area contributed by atoms with Crippen LogP contribution < -0.4 is 0 Å². The van der Waals surface area contributed by atoms with E-state index in [-0.39, 0.29) is 0 Å².